The molecule has 0 aliphatic rings. The number of hydrogen-bond acceptors (Lipinski definition) is 4. The predicted molar refractivity (Wildman–Crippen MR) is 85.0 cm³/mol. The average Bonchev–Trinajstić information content (AvgIpc) is 2.44. The van der Waals surface area contributed by atoms with Crippen LogP contribution in [0.25, 0.3) is 0 Å². The van der Waals surface area contributed by atoms with Crippen molar-refractivity contribution in [3.8, 4) is 0 Å². The Morgan fingerprint density at radius 1 is 1.20 bits per heavy atom. The van der Waals surface area contributed by atoms with Gasteiger partial charge in [-0.2, -0.15) is 11.8 Å². The number of thioether (sulfide) groups is 1. The van der Waals surface area contributed by atoms with Crippen molar-refractivity contribution in [1.29, 1.82) is 0 Å². The van der Waals surface area contributed by atoms with Gasteiger partial charge in [-0.15, -0.1) is 0 Å². The second-order valence-corrected chi connectivity index (χ2v) is 7.77. The molecule has 0 bridgehead atoms. The number of carbonyl (C=O) groups is 1. The van der Waals surface area contributed by atoms with E-state index < -0.39 is 9.84 Å². The first-order valence-corrected chi connectivity index (χ1v) is 9.50. The second-order valence-electron chi connectivity index (χ2n) is 4.38. The molecule has 4 nitrogen and oxygen atoms in total. The lowest BCUT2D eigenvalue weighted by atomic mass is 10.3. The van der Waals surface area contributed by atoms with E-state index in [1.807, 2.05) is 0 Å². The summed E-state index contributed by atoms with van der Waals surface area (Å²) in [5, 5.41) is 2.76. The third kappa shape index (κ3) is 5.54. The van der Waals surface area contributed by atoms with E-state index in [1.165, 1.54) is 12.1 Å². The van der Waals surface area contributed by atoms with E-state index in [-0.39, 0.29) is 16.6 Å². The van der Waals surface area contributed by atoms with Crippen LogP contribution in [0.4, 0.5) is 5.69 Å². The maximum atomic E-state index is 11.7. The molecule has 0 aliphatic heterocycles. The Morgan fingerprint density at radius 2 is 1.85 bits per heavy atom. The highest BCUT2D eigenvalue weighted by Crippen LogP contribution is 2.15. The smallest absolute Gasteiger partial charge is 0.234 e. The van der Waals surface area contributed by atoms with Crippen LogP contribution >= 0.6 is 11.8 Å². The molecule has 1 aromatic rings. The molecule has 0 unspecified atom stereocenters. The molecule has 1 rings (SSSR count). The molecule has 1 amide bonds. The molecule has 0 saturated carbocycles. The molecular formula is C14H21NO3S2. The average molecular weight is 315 g/mol. The summed E-state index contributed by atoms with van der Waals surface area (Å²) >= 11 is 1.61. The van der Waals surface area contributed by atoms with Crippen LogP contribution in [0.3, 0.4) is 0 Å². The van der Waals surface area contributed by atoms with Gasteiger partial charge in [0.2, 0.25) is 5.91 Å². The van der Waals surface area contributed by atoms with Crippen LogP contribution in [-0.4, -0.2) is 31.6 Å². The van der Waals surface area contributed by atoms with Crippen LogP contribution in [-0.2, 0) is 14.6 Å². The highest BCUT2D eigenvalue weighted by atomic mass is 32.2. The first kappa shape index (κ1) is 17.0. The molecule has 0 radical (unpaired) electrons. The molecule has 1 aromatic carbocycles. The first-order valence-electron chi connectivity index (χ1n) is 6.70. The number of hydrogen-bond donors (Lipinski definition) is 1. The van der Waals surface area contributed by atoms with Crippen molar-refractivity contribution in [3.05, 3.63) is 24.3 Å². The van der Waals surface area contributed by atoms with Crippen molar-refractivity contribution >= 4 is 33.2 Å². The largest absolute Gasteiger partial charge is 0.325 e. The van der Waals surface area contributed by atoms with Gasteiger partial charge in [-0.1, -0.05) is 20.3 Å². The van der Waals surface area contributed by atoms with Gasteiger partial charge in [0.1, 0.15) is 0 Å². The summed E-state index contributed by atoms with van der Waals surface area (Å²) in [5.41, 5.74) is 0.626. The van der Waals surface area contributed by atoms with Gasteiger partial charge < -0.3 is 5.32 Å². The Bertz CT molecular complexity index is 524. The molecule has 0 fully saturated rings. The number of carbonyl (C=O) groups excluding carboxylic acids is 1. The third-order valence-electron chi connectivity index (χ3n) is 2.75. The number of amides is 1. The Kier molecular flexibility index (Phi) is 7.09. The van der Waals surface area contributed by atoms with E-state index in [1.54, 1.807) is 30.8 Å². The van der Waals surface area contributed by atoms with Gasteiger partial charge >= 0.3 is 0 Å². The highest BCUT2D eigenvalue weighted by molar-refractivity contribution is 7.99. The molecular weight excluding hydrogens is 294 g/mol. The molecule has 0 atom stereocenters. The quantitative estimate of drug-likeness (QED) is 0.749. The molecule has 0 aromatic heterocycles. The Hall–Kier alpha value is -1.01. The Morgan fingerprint density at radius 3 is 2.40 bits per heavy atom. The van der Waals surface area contributed by atoms with Crippen LogP contribution < -0.4 is 5.32 Å². The van der Waals surface area contributed by atoms with Crippen LogP contribution in [0, 0.1) is 0 Å². The van der Waals surface area contributed by atoms with E-state index in [2.05, 4.69) is 12.2 Å². The normalized spacial score (nSPS) is 11.3. The molecule has 112 valence electrons. The fraction of sp³-hybridized carbons (Fsp3) is 0.500. The summed E-state index contributed by atoms with van der Waals surface area (Å²) in [7, 11) is -3.18. The van der Waals surface area contributed by atoms with Gasteiger partial charge in [0.05, 0.1) is 16.4 Å². The minimum Gasteiger partial charge on any atom is -0.325 e. The standard InChI is InChI=1S/C14H21NO3S2/c1-3-5-10-19-11-14(16)15-12-6-8-13(9-7-12)20(17,18)4-2/h6-9H,3-5,10-11H2,1-2H3,(H,15,16). The van der Waals surface area contributed by atoms with E-state index in [0.717, 1.165) is 18.6 Å². The van der Waals surface area contributed by atoms with Crippen molar-refractivity contribution in [2.45, 2.75) is 31.6 Å². The first-order chi connectivity index (χ1) is 9.49. The zero-order valence-corrected chi connectivity index (χ0v) is 13.5. The van der Waals surface area contributed by atoms with E-state index >= 15 is 0 Å². The van der Waals surface area contributed by atoms with Crippen molar-refractivity contribution in [3.63, 3.8) is 0 Å². The highest BCUT2D eigenvalue weighted by Gasteiger charge is 2.11. The summed E-state index contributed by atoms with van der Waals surface area (Å²) in [6.45, 7) is 3.73. The SMILES string of the molecule is CCCCSCC(=O)Nc1ccc(S(=O)(=O)CC)cc1. The summed E-state index contributed by atoms with van der Waals surface area (Å²) in [6, 6.07) is 6.30. The van der Waals surface area contributed by atoms with Crippen LogP contribution in [0.1, 0.15) is 26.7 Å². The van der Waals surface area contributed by atoms with Gasteiger partial charge in [0.15, 0.2) is 9.84 Å². The number of rotatable bonds is 8. The van der Waals surface area contributed by atoms with Gasteiger partial charge in [-0.05, 0) is 36.4 Å². The number of nitrogens with one attached hydrogen (secondary N) is 1. The van der Waals surface area contributed by atoms with E-state index in [0.29, 0.717) is 11.4 Å². The topological polar surface area (TPSA) is 63.2 Å². The lowest BCUT2D eigenvalue weighted by Gasteiger charge is -2.06. The Balaban J connectivity index is 2.51. The van der Waals surface area contributed by atoms with E-state index in [4.69, 9.17) is 0 Å². The zero-order valence-electron chi connectivity index (χ0n) is 11.9. The summed E-state index contributed by atoms with van der Waals surface area (Å²) < 4.78 is 23.3. The van der Waals surface area contributed by atoms with Crippen LogP contribution in [0.5, 0.6) is 0 Å². The summed E-state index contributed by atoms with van der Waals surface area (Å²) in [5.74, 6) is 1.43. The number of benzene rings is 1. The lowest BCUT2D eigenvalue weighted by molar-refractivity contribution is -0.113. The van der Waals surface area contributed by atoms with Crippen molar-refractivity contribution in [1.82, 2.24) is 0 Å². The molecule has 6 heteroatoms. The number of sulfone groups is 1. The van der Waals surface area contributed by atoms with E-state index in [9.17, 15) is 13.2 Å². The van der Waals surface area contributed by atoms with Gasteiger partial charge in [-0.3, -0.25) is 4.79 Å². The van der Waals surface area contributed by atoms with Crippen molar-refractivity contribution in [2.24, 2.45) is 0 Å². The van der Waals surface area contributed by atoms with Gasteiger partial charge in [0, 0.05) is 5.69 Å². The number of anilines is 1. The van der Waals surface area contributed by atoms with Crippen LogP contribution in [0.2, 0.25) is 0 Å². The zero-order chi connectivity index (χ0) is 15.0. The minimum absolute atomic E-state index is 0.0581. The van der Waals surface area contributed by atoms with Gasteiger partial charge in [-0.25, -0.2) is 8.42 Å². The third-order valence-corrected chi connectivity index (χ3v) is 5.55. The molecule has 1 N–H and O–H groups in total. The fourth-order valence-corrected chi connectivity index (χ4v) is 3.30. The molecule has 0 aliphatic carbocycles. The fourth-order valence-electron chi connectivity index (χ4n) is 1.52. The predicted octanol–water partition coefficient (Wildman–Crippen LogP) is 2.95. The number of unbranched alkanes of at least 4 members (excludes halogenated alkanes) is 1. The Labute approximate surface area is 125 Å². The summed E-state index contributed by atoms with van der Waals surface area (Å²) in [6.07, 6.45) is 2.24. The maximum absolute atomic E-state index is 11.7. The maximum Gasteiger partial charge on any atom is 0.234 e. The summed E-state index contributed by atoms with van der Waals surface area (Å²) in [4.78, 5) is 12.0. The van der Waals surface area contributed by atoms with Crippen molar-refractivity contribution in [2.75, 3.05) is 22.6 Å². The molecule has 0 spiro atoms. The molecule has 0 heterocycles. The molecule has 20 heavy (non-hydrogen) atoms. The second kappa shape index (κ2) is 8.32. The minimum atomic E-state index is -3.18. The van der Waals surface area contributed by atoms with Gasteiger partial charge in [0.25, 0.3) is 0 Å². The molecule has 0 saturated heterocycles. The lowest BCUT2D eigenvalue weighted by Crippen LogP contribution is -2.14. The monoisotopic (exact) mass is 315 g/mol. The van der Waals surface area contributed by atoms with Crippen molar-refractivity contribution < 1.29 is 13.2 Å². The van der Waals surface area contributed by atoms with Crippen LogP contribution in [0.15, 0.2) is 29.2 Å².